The van der Waals surface area contributed by atoms with Crippen molar-refractivity contribution < 1.29 is 70.8 Å². The van der Waals surface area contributed by atoms with E-state index in [1.54, 1.807) is 92.6 Å². The molecule has 0 saturated heterocycles. The van der Waals surface area contributed by atoms with Crippen LogP contribution in [-0.4, -0.2) is 66.0 Å². The largest absolute Gasteiger partial charge is 0.445 e. The minimum atomic E-state index is -5.63. The quantitative estimate of drug-likeness (QED) is 0.0352. The van der Waals surface area contributed by atoms with Crippen molar-refractivity contribution in [2.75, 3.05) is 26.9 Å². The molecule has 0 bridgehead atoms. The second kappa shape index (κ2) is 19.8. The topological polar surface area (TPSA) is 220 Å². The molecule has 0 heterocycles. The Balaban J connectivity index is 3.37. The molecule has 1 aromatic rings. The fourth-order valence-corrected chi connectivity index (χ4v) is 7.44. The molecule has 0 aliphatic carbocycles. The fraction of sp³-hybridized carbons (Fsp3) is 0.697. The zero-order valence-electron chi connectivity index (χ0n) is 31.1. The number of benzene rings is 1. The molecule has 18 heteroatoms. The SMILES string of the molecule is CCC(C)(C)C(=O)OCOP(=O)(O)C(O)(CCCNC(=O)OCc1ccccc1)P(=O)(OCOC(=O)C(C)(C)CC)OCOC(=O)C(C)(C)CC. The number of ether oxygens (including phenoxy) is 4. The van der Waals surface area contributed by atoms with E-state index in [9.17, 15) is 38.3 Å². The average Bonchev–Trinajstić information content (AvgIpc) is 3.08. The van der Waals surface area contributed by atoms with Crippen LogP contribution in [-0.2, 0) is 62.6 Å². The van der Waals surface area contributed by atoms with Crippen molar-refractivity contribution in [2.45, 2.75) is 106 Å². The molecule has 0 aromatic heterocycles. The van der Waals surface area contributed by atoms with Gasteiger partial charge in [-0.3, -0.25) is 37.1 Å². The molecule has 16 nitrogen and oxygen atoms in total. The Morgan fingerprint density at radius 3 is 1.51 bits per heavy atom. The molecule has 292 valence electrons. The van der Waals surface area contributed by atoms with Crippen molar-refractivity contribution >= 4 is 39.2 Å². The summed E-state index contributed by atoms with van der Waals surface area (Å²) in [6.45, 7) is 10.9. The molecule has 0 saturated carbocycles. The van der Waals surface area contributed by atoms with Crippen LogP contribution < -0.4 is 5.32 Å². The normalized spacial score (nSPS) is 14.8. The van der Waals surface area contributed by atoms with Crippen LogP contribution in [0.3, 0.4) is 0 Å². The van der Waals surface area contributed by atoms with Crippen LogP contribution in [0.2, 0.25) is 0 Å². The van der Waals surface area contributed by atoms with Gasteiger partial charge in [0.25, 0.3) is 5.08 Å². The van der Waals surface area contributed by atoms with Gasteiger partial charge in [-0.15, -0.1) is 0 Å². The number of aliphatic hydroxyl groups is 1. The Bertz CT molecular complexity index is 1360. The predicted molar refractivity (Wildman–Crippen MR) is 185 cm³/mol. The summed E-state index contributed by atoms with van der Waals surface area (Å²) in [6, 6.07) is 8.80. The first kappa shape index (κ1) is 46.2. The molecule has 0 spiro atoms. The van der Waals surface area contributed by atoms with E-state index < -0.39 is 87.3 Å². The Morgan fingerprint density at radius 2 is 1.10 bits per heavy atom. The van der Waals surface area contributed by atoms with Crippen LogP contribution in [0.4, 0.5) is 4.79 Å². The van der Waals surface area contributed by atoms with Gasteiger partial charge in [0, 0.05) is 13.0 Å². The van der Waals surface area contributed by atoms with Gasteiger partial charge in [-0.25, -0.2) is 4.79 Å². The molecule has 2 atom stereocenters. The van der Waals surface area contributed by atoms with Gasteiger partial charge in [-0.05, 0) is 72.8 Å². The highest BCUT2D eigenvalue weighted by molar-refractivity contribution is 7.73. The second-order valence-electron chi connectivity index (χ2n) is 13.6. The number of hydrogen-bond donors (Lipinski definition) is 3. The molecule has 1 rings (SSSR count). The number of hydrogen-bond acceptors (Lipinski definition) is 14. The van der Waals surface area contributed by atoms with Crippen molar-refractivity contribution in [1.82, 2.24) is 5.32 Å². The van der Waals surface area contributed by atoms with E-state index in [0.717, 1.165) is 0 Å². The molecule has 0 aliphatic rings. The Hall–Kier alpha value is -2.84. The summed E-state index contributed by atoms with van der Waals surface area (Å²) in [5.74, 6) is -2.37. The van der Waals surface area contributed by atoms with Crippen LogP contribution in [0.1, 0.15) is 100.0 Å². The Kier molecular flexibility index (Phi) is 18.0. The van der Waals surface area contributed by atoms with Gasteiger partial charge < -0.3 is 34.3 Å². The summed E-state index contributed by atoms with van der Waals surface area (Å²) in [7, 11) is -11.1. The van der Waals surface area contributed by atoms with Gasteiger partial charge in [-0.2, -0.15) is 0 Å². The molecule has 0 aliphatic heterocycles. The lowest BCUT2D eigenvalue weighted by atomic mass is 9.91. The van der Waals surface area contributed by atoms with Gasteiger partial charge in [0.1, 0.15) is 6.61 Å². The average molecular weight is 768 g/mol. The van der Waals surface area contributed by atoms with Crippen molar-refractivity contribution in [3.8, 4) is 0 Å². The first-order valence-corrected chi connectivity index (χ1v) is 19.7. The molecular formula is C33H55NO15P2. The molecule has 1 amide bonds. The number of carbonyl (C=O) groups excluding carboxylic acids is 4. The Labute approximate surface area is 300 Å². The fourth-order valence-electron chi connectivity index (χ4n) is 3.54. The predicted octanol–water partition coefficient (Wildman–Crippen LogP) is 6.58. The molecule has 2 unspecified atom stereocenters. The van der Waals surface area contributed by atoms with E-state index in [0.29, 0.717) is 24.8 Å². The second-order valence-corrected chi connectivity index (χ2v) is 18.3. The monoisotopic (exact) mass is 767 g/mol. The smallest absolute Gasteiger partial charge is 0.407 e. The van der Waals surface area contributed by atoms with Crippen molar-refractivity contribution in [3.63, 3.8) is 0 Å². The van der Waals surface area contributed by atoms with E-state index in [4.69, 9.17) is 32.5 Å². The van der Waals surface area contributed by atoms with E-state index in [-0.39, 0.29) is 19.6 Å². The minimum Gasteiger partial charge on any atom is -0.445 e. The minimum absolute atomic E-state index is 0.0537. The van der Waals surface area contributed by atoms with Crippen LogP contribution in [0.25, 0.3) is 0 Å². The van der Waals surface area contributed by atoms with Crippen LogP contribution >= 0.6 is 15.2 Å². The van der Waals surface area contributed by atoms with Crippen LogP contribution in [0, 0.1) is 16.2 Å². The highest BCUT2D eigenvalue weighted by atomic mass is 31.2. The third-order valence-corrected chi connectivity index (χ3v) is 13.7. The van der Waals surface area contributed by atoms with Gasteiger partial charge in [-0.1, -0.05) is 51.1 Å². The summed E-state index contributed by atoms with van der Waals surface area (Å²) < 4.78 is 64.1. The van der Waals surface area contributed by atoms with E-state index >= 15 is 0 Å². The highest BCUT2D eigenvalue weighted by Gasteiger charge is 2.64. The van der Waals surface area contributed by atoms with Gasteiger partial charge in [0.15, 0.2) is 0 Å². The van der Waals surface area contributed by atoms with Crippen molar-refractivity contribution in [1.29, 1.82) is 0 Å². The van der Waals surface area contributed by atoms with Crippen LogP contribution in [0.5, 0.6) is 0 Å². The number of nitrogens with one attached hydrogen (secondary N) is 1. The van der Waals surface area contributed by atoms with E-state index in [1.165, 1.54) is 0 Å². The first-order chi connectivity index (χ1) is 23.5. The third kappa shape index (κ3) is 13.6. The summed E-state index contributed by atoms with van der Waals surface area (Å²) in [4.78, 5) is 61.1. The maximum Gasteiger partial charge on any atom is 0.407 e. The van der Waals surface area contributed by atoms with Crippen molar-refractivity contribution in [3.05, 3.63) is 35.9 Å². The summed E-state index contributed by atoms with van der Waals surface area (Å²) in [5, 5.41) is 10.8. The van der Waals surface area contributed by atoms with Gasteiger partial charge in [0.05, 0.1) is 16.2 Å². The molecular weight excluding hydrogens is 712 g/mol. The standard InChI is InChI=1S/C33H55NO15P2/c1-10-30(4,5)26(35)44-22-47-50(40,41)33(39,19-16-20-34-29(38)43-21-25-17-14-13-15-18-25)51(42,48-23-45-27(36)31(6,7)11-2)49-24-46-28(37)32(8,9)12-3/h13-15,17-18,39H,10-12,16,19-24H2,1-9H3,(H,34,38)(H,40,41). The van der Waals surface area contributed by atoms with Crippen molar-refractivity contribution in [2.24, 2.45) is 16.2 Å². The molecule has 3 N–H and O–H groups in total. The number of rotatable bonds is 23. The number of carbonyl (C=O) groups is 4. The summed E-state index contributed by atoms with van der Waals surface area (Å²) >= 11 is 0. The molecule has 1 aromatic carbocycles. The van der Waals surface area contributed by atoms with E-state index in [1.807, 2.05) is 0 Å². The molecule has 0 fully saturated rings. The number of alkyl carbamates (subject to hydrolysis) is 1. The maximum absolute atomic E-state index is 14.5. The third-order valence-electron chi connectivity index (χ3n) is 8.61. The highest BCUT2D eigenvalue weighted by Crippen LogP contribution is 2.76. The lowest BCUT2D eigenvalue weighted by Gasteiger charge is -2.36. The Morgan fingerprint density at radius 1 is 0.686 bits per heavy atom. The molecule has 51 heavy (non-hydrogen) atoms. The lowest BCUT2D eigenvalue weighted by molar-refractivity contribution is -0.164. The van der Waals surface area contributed by atoms with E-state index in [2.05, 4.69) is 5.32 Å². The van der Waals surface area contributed by atoms with Gasteiger partial charge >= 0.3 is 39.2 Å². The molecule has 0 radical (unpaired) electrons. The first-order valence-electron chi connectivity index (χ1n) is 16.6. The zero-order chi connectivity index (χ0) is 39.2. The number of amides is 1. The lowest BCUT2D eigenvalue weighted by Crippen LogP contribution is -2.36. The zero-order valence-corrected chi connectivity index (χ0v) is 32.8. The number of esters is 3. The summed E-state index contributed by atoms with van der Waals surface area (Å²) in [5.41, 5.74) is -2.28. The summed E-state index contributed by atoms with van der Waals surface area (Å²) in [6.07, 6.45) is -1.07. The van der Waals surface area contributed by atoms with Crippen LogP contribution in [0.15, 0.2) is 30.3 Å². The van der Waals surface area contributed by atoms with Gasteiger partial charge in [0.2, 0.25) is 20.4 Å². The maximum atomic E-state index is 14.5.